The topological polar surface area (TPSA) is 72.5 Å². The van der Waals surface area contributed by atoms with E-state index in [-0.39, 0.29) is 11.7 Å². The Kier molecular flexibility index (Phi) is 5.35. The maximum Gasteiger partial charge on any atom is 0.250 e. The first-order valence-electron chi connectivity index (χ1n) is 7.69. The molecule has 1 fully saturated rings. The van der Waals surface area contributed by atoms with Crippen molar-refractivity contribution in [3.8, 4) is 11.6 Å². The maximum atomic E-state index is 12.8. The molecule has 1 aromatic heterocycles. The Bertz CT molecular complexity index is 670. The van der Waals surface area contributed by atoms with Crippen molar-refractivity contribution >= 4 is 5.91 Å². The molecule has 0 aliphatic carbocycles. The quantitative estimate of drug-likeness (QED) is 0.871. The molecule has 0 radical (unpaired) electrons. The first-order chi connectivity index (χ1) is 11.7. The van der Waals surface area contributed by atoms with Gasteiger partial charge in [0.2, 0.25) is 5.88 Å². The van der Waals surface area contributed by atoms with Crippen LogP contribution in [0.15, 0.2) is 42.6 Å². The summed E-state index contributed by atoms with van der Waals surface area (Å²) in [6.07, 6.45) is 1.17. The van der Waals surface area contributed by atoms with Gasteiger partial charge in [-0.25, -0.2) is 9.37 Å². The number of halogens is 1. The predicted molar refractivity (Wildman–Crippen MR) is 85.2 cm³/mol. The van der Waals surface area contributed by atoms with Gasteiger partial charge in [-0.15, -0.1) is 0 Å². The molecule has 2 heterocycles. The molecule has 3 rings (SSSR count). The zero-order valence-corrected chi connectivity index (χ0v) is 13.0. The van der Waals surface area contributed by atoms with Crippen LogP contribution in [0.1, 0.15) is 5.56 Å². The van der Waals surface area contributed by atoms with Crippen LogP contribution in [0, 0.1) is 5.82 Å². The van der Waals surface area contributed by atoms with E-state index in [1.165, 1.54) is 24.3 Å². The van der Waals surface area contributed by atoms with Crippen molar-refractivity contribution in [1.29, 1.82) is 0 Å². The molecule has 1 aliphatic heterocycles. The molecule has 1 aromatic carbocycles. The van der Waals surface area contributed by atoms with Crippen LogP contribution < -0.4 is 15.4 Å². The highest BCUT2D eigenvalue weighted by Crippen LogP contribution is 2.19. The third-order valence-corrected chi connectivity index (χ3v) is 3.52. The Morgan fingerprint density at radius 3 is 2.83 bits per heavy atom. The van der Waals surface area contributed by atoms with E-state index < -0.39 is 6.10 Å². The van der Waals surface area contributed by atoms with Crippen LogP contribution in [0.25, 0.3) is 0 Å². The molecule has 1 unspecified atom stereocenters. The number of hydrogen-bond donors (Lipinski definition) is 2. The zero-order chi connectivity index (χ0) is 16.8. The van der Waals surface area contributed by atoms with E-state index >= 15 is 0 Å². The maximum absolute atomic E-state index is 12.8. The minimum absolute atomic E-state index is 0.145. The number of benzene rings is 1. The molecule has 1 saturated heterocycles. The van der Waals surface area contributed by atoms with Gasteiger partial charge in [0.25, 0.3) is 5.91 Å². The Morgan fingerprint density at radius 1 is 1.33 bits per heavy atom. The van der Waals surface area contributed by atoms with Gasteiger partial charge in [0.1, 0.15) is 17.7 Å². The summed E-state index contributed by atoms with van der Waals surface area (Å²) in [7, 11) is 0. The summed E-state index contributed by atoms with van der Waals surface area (Å²) in [5.74, 6) is 0.441. The first-order valence-corrected chi connectivity index (χ1v) is 7.69. The second-order valence-corrected chi connectivity index (χ2v) is 5.34. The van der Waals surface area contributed by atoms with Crippen LogP contribution in [0.3, 0.4) is 0 Å². The number of amides is 1. The molecule has 7 heteroatoms. The third-order valence-electron chi connectivity index (χ3n) is 3.52. The van der Waals surface area contributed by atoms with Gasteiger partial charge in [-0.1, -0.05) is 6.07 Å². The van der Waals surface area contributed by atoms with Gasteiger partial charge >= 0.3 is 0 Å². The van der Waals surface area contributed by atoms with Gasteiger partial charge in [0.15, 0.2) is 0 Å². The SMILES string of the molecule is O=C(NCc1ccc(Oc2ccc(F)cc2)nc1)C1CNCCO1. The van der Waals surface area contributed by atoms with E-state index in [1.807, 2.05) is 6.07 Å². The molecule has 0 bridgehead atoms. The molecule has 1 amide bonds. The number of rotatable bonds is 5. The predicted octanol–water partition coefficient (Wildman–Crippen LogP) is 1.62. The molecular weight excluding hydrogens is 313 g/mol. The number of nitrogens with zero attached hydrogens (tertiary/aromatic N) is 1. The summed E-state index contributed by atoms with van der Waals surface area (Å²) in [6, 6.07) is 9.21. The standard InChI is InChI=1S/C17H18FN3O3/c18-13-2-4-14(5-3-13)24-16-6-1-12(9-20-16)10-21-17(22)15-11-19-7-8-23-15/h1-6,9,15,19H,7-8,10-11H2,(H,21,22). The molecule has 24 heavy (non-hydrogen) atoms. The summed E-state index contributed by atoms with van der Waals surface area (Å²) < 4.78 is 23.7. The van der Waals surface area contributed by atoms with Gasteiger partial charge in [-0.2, -0.15) is 0 Å². The molecular formula is C17H18FN3O3. The monoisotopic (exact) mass is 331 g/mol. The fourth-order valence-corrected chi connectivity index (χ4v) is 2.24. The number of carbonyl (C=O) groups excluding carboxylic acids is 1. The van der Waals surface area contributed by atoms with Crippen molar-refractivity contribution < 1.29 is 18.7 Å². The molecule has 6 nitrogen and oxygen atoms in total. The molecule has 0 saturated carbocycles. The van der Waals surface area contributed by atoms with Gasteiger partial charge in [-0.3, -0.25) is 4.79 Å². The molecule has 2 aromatic rings. The second-order valence-electron chi connectivity index (χ2n) is 5.34. The van der Waals surface area contributed by atoms with Crippen molar-refractivity contribution in [2.75, 3.05) is 19.7 Å². The van der Waals surface area contributed by atoms with Gasteiger partial charge < -0.3 is 20.1 Å². The van der Waals surface area contributed by atoms with Crippen LogP contribution in [0.5, 0.6) is 11.6 Å². The van der Waals surface area contributed by atoms with Crippen molar-refractivity contribution in [1.82, 2.24) is 15.6 Å². The van der Waals surface area contributed by atoms with E-state index in [2.05, 4.69) is 15.6 Å². The number of nitrogens with one attached hydrogen (secondary N) is 2. The molecule has 1 aliphatic rings. The van der Waals surface area contributed by atoms with Gasteiger partial charge in [-0.05, 0) is 29.8 Å². The number of pyridine rings is 1. The van der Waals surface area contributed by atoms with Crippen LogP contribution >= 0.6 is 0 Å². The Labute approximate surface area is 139 Å². The second kappa shape index (κ2) is 7.85. The first kappa shape index (κ1) is 16.4. The number of carbonyl (C=O) groups is 1. The molecule has 126 valence electrons. The van der Waals surface area contributed by atoms with Crippen LogP contribution in [-0.2, 0) is 16.1 Å². The molecule has 1 atom stereocenters. The number of ether oxygens (including phenoxy) is 2. The average molecular weight is 331 g/mol. The molecule has 2 N–H and O–H groups in total. The minimum Gasteiger partial charge on any atom is -0.439 e. The van der Waals surface area contributed by atoms with E-state index in [9.17, 15) is 9.18 Å². The lowest BCUT2D eigenvalue weighted by Gasteiger charge is -2.22. The fourth-order valence-electron chi connectivity index (χ4n) is 2.24. The Morgan fingerprint density at radius 2 is 2.17 bits per heavy atom. The summed E-state index contributed by atoms with van der Waals surface area (Å²) >= 11 is 0. The van der Waals surface area contributed by atoms with Crippen LogP contribution in [-0.4, -0.2) is 36.7 Å². The number of aromatic nitrogens is 1. The Hall–Kier alpha value is -2.51. The Balaban J connectivity index is 1.50. The minimum atomic E-state index is -0.451. The highest BCUT2D eigenvalue weighted by molar-refractivity contribution is 5.81. The fraction of sp³-hybridized carbons (Fsp3) is 0.294. The van der Waals surface area contributed by atoms with Crippen molar-refractivity contribution in [3.05, 3.63) is 54.0 Å². The van der Waals surface area contributed by atoms with E-state index in [0.29, 0.717) is 31.3 Å². The van der Waals surface area contributed by atoms with E-state index in [4.69, 9.17) is 9.47 Å². The summed E-state index contributed by atoms with van der Waals surface area (Å²) in [4.78, 5) is 16.1. The van der Waals surface area contributed by atoms with Crippen LogP contribution in [0.4, 0.5) is 4.39 Å². The highest BCUT2D eigenvalue weighted by Gasteiger charge is 2.21. The summed E-state index contributed by atoms with van der Waals surface area (Å²) in [5, 5.41) is 5.93. The average Bonchev–Trinajstić information content (AvgIpc) is 2.63. The smallest absolute Gasteiger partial charge is 0.250 e. The summed E-state index contributed by atoms with van der Waals surface area (Å²) in [5.41, 5.74) is 0.846. The lowest BCUT2D eigenvalue weighted by Crippen LogP contribution is -2.47. The highest BCUT2D eigenvalue weighted by atomic mass is 19.1. The number of morpholine rings is 1. The van der Waals surface area contributed by atoms with Gasteiger partial charge in [0, 0.05) is 31.9 Å². The lowest BCUT2D eigenvalue weighted by molar-refractivity contribution is -0.134. The van der Waals surface area contributed by atoms with Crippen molar-refractivity contribution in [2.24, 2.45) is 0 Å². The third kappa shape index (κ3) is 4.50. The van der Waals surface area contributed by atoms with E-state index in [1.54, 1.807) is 12.3 Å². The zero-order valence-electron chi connectivity index (χ0n) is 13.0. The molecule has 0 spiro atoms. The van der Waals surface area contributed by atoms with Crippen molar-refractivity contribution in [2.45, 2.75) is 12.6 Å². The van der Waals surface area contributed by atoms with Crippen LogP contribution in [0.2, 0.25) is 0 Å². The van der Waals surface area contributed by atoms with Crippen molar-refractivity contribution in [3.63, 3.8) is 0 Å². The van der Waals surface area contributed by atoms with E-state index in [0.717, 1.165) is 12.1 Å². The lowest BCUT2D eigenvalue weighted by atomic mass is 10.2. The largest absolute Gasteiger partial charge is 0.439 e. The van der Waals surface area contributed by atoms with Gasteiger partial charge in [0.05, 0.1) is 6.61 Å². The normalized spacial score (nSPS) is 17.3. The summed E-state index contributed by atoms with van der Waals surface area (Å²) in [6.45, 7) is 2.19. The number of hydrogen-bond acceptors (Lipinski definition) is 5.